The number of nitrogens with zero attached hydrogens (tertiary/aromatic N) is 2. The molecular formula is C16H22N4O. The van der Waals surface area contributed by atoms with Crippen LogP contribution in [0.15, 0.2) is 36.7 Å². The van der Waals surface area contributed by atoms with Crippen molar-refractivity contribution in [2.24, 2.45) is 0 Å². The number of carbonyl (C=O) groups excluding carboxylic acids is 1. The molecule has 0 saturated carbocycles. The van der Waals surface area contributed by atoms with Crippen molar-refractivity contribution in [1.82, 2.24) is 20.2 Å². The molecule has 0 radical (unpaired) electrons. The van der Waals surface area contributed by atoms with Crippen molar-refractivity contribution in [3.8, 4) is 0 Å². The predicted molar refractivity (Wildman–Crippen MR) is 83.1 cm³/mol. The minimum absolute atomic E-state index is 0.0165. The van der Waals surface area contributed by atoms with Gasteiger partial charge in [-0.3, -0.25) is 4.79 Å². The second-order valence-electron chi connectivity index (χ2n) is 5.40. The molecule has 21 heavy (non-hydrogen) atoms. The van der Waals surface area contributed by atoms with Crippen molar-refractivity contribution in [3.05, 3.63) is 53.6 Å². The van der Waals surface area contributed by atoms with Gasteiger partial charge in [0.25, 0.3) is 5.91 Å². The summed E-state index contributed by atoms with van der Waals surface area (Å²) in [5.41, 5.74) is 2.36. The number of carbonyl (C=O) groups is 1. The molecule has 5 heteroatoms. The maximum absolute atomic E-state index is 12.3. The fourth-order valence-electron chi connectivity index (χ4n) is 2.21. The van der Waals surface area contributed by atoms with Crippen LogP contribution in [0, 0.1) is 6.92 Å². The zero-order valence-electron chi connectivity index (χ0n) is 12.8. The Morgan fingerprint density at radius 1 is 1.33 bits per heavy atom. The first-order valence-electron chi connectivity index (χ1n) is 7.08. The molecule has 0 aliphatic heterocycles. The second kappa shape index (κ2) is 7.04. The number of hydrogen-bond acceptors (Lipinski definition) is 3. The van der Waals surface area contributed by atoms with Gasteiger partial charge in [-0.05, 0) is 39.5 Å². The lowest BCUT2D eigenvalue weighted by atomic mass is 10.0. The van der Waals surface area contributed by atoms with Crippen LogP contribution in [0.4, 0.5) is 0 Å². The summed E-state index contributed by atoms with van der Waals surface area (Å²) in [7, 11) is 4.06. The highest BCUT2D eigenvalue weighted by Gasteiger charge is 2.18. The van der Waals surface area contributed by atoms with Gasteiger partial charge in [0.05, 0.1) is 12.4 Å². The van der Waals surface area contributed by atoms with Crippen LogP contribution in [0.3, 0.4) is 0 Å². The number of aryl methyl sites for hydroxylation is 1. The zero-order valence-corrected chi connectivity index (χ0v) is 12.8. The van der Waals surface area contributed by atoms with E-state index in [0.717, 1.165) is 24.2 Å². The average Bonchev–Trinajstić information content (AvgIpc) is 2.90. The Morgan fingerprint density at radius 2 is 2.05 bits per heavy atom. The molecule has 1 aromatic heterocycles. The molecular weight excluding hydrogens is 264 g/mol. The van der Waals surface area contributed by atoms with E-state index in [9.17, 15) is 4.79 Å². The monoisotopic (exact) mass is 286 g/mol. The van der Waals surface area contributed by atoms with Crippen LogP contribution in [0.1, 0.15) is 34.2 Å². The Balaban J connectivity index is 2.12. The Labute approximate surface area is 125 Å². The standard InChI is InChI=1S/C16H22N4O/c1-12-15(18-11-17-12)16(21)19-14(9-10-20(2)3)13-7-5-4-6-8-13/h4-8,11,14H,9-10H2,1-3H3,(H,17,18)(H,19,21)/t14-/m0/s1. The lowest BCUT2D eigenvalue weighted by molar-refractivity contribution is 0.0927. The molecule has 0 spiro atoms. The summed E-state index contributed by atoms with van der Waals surface area (Å²) in [5.74, 6) is -0.138. The molecule has 1 amide bonds. The average molecular weight is 286 g/mol. The number of aromatic amines is 1. The van der Waals surface area contributed by atoms with E-state index in [1.165, 1.54) is 0 Å². The molecule has 2 N–H and O–H groups in total. The summed E-state index contributed by atoms with van der Waals surface area (Å²) in [6.07, 6.45) is 2.40. The van der Waals surface area contributed by atoms with Crippen molar-refractivity contribution in [2.45, 2.75) is 19.4 Å². The molecule has 1 atom stereocenters. The number of aromatic nitrogens is 2. The van der Waals surface area contributed by atoms with E-state index in [4.69, 9.17) is 0 Å². The maximum atomic E-state index is 12.3. The number of nitrogens with one attached hydrogen (secondary N) is 2. The fourth-order valence-corrected chi connectivity index (χ4v) is 2.21. The van der Waals surface area contributed by atoms with Crippen LogP contribution >= 0.6 is 0 Å². The van der Waals surface area contributed by atoms with E-state index in [2.05, 4.69) is 20.2 Å². The van der Waals surface area contributed by atoms with Gasteiger partial charge in [-0.25, -0.2) is 4.98 Å². The first kappa shape index (κ1) is 15.3. The van der Waals surface area contributed by atoms with Crippen molar-refractivity contribution in [1.29, 1.82) is 0 Å². The van der Waals surface area contributed by atoms with Crippen LogP contribution < -0.4 is 5.32 Å². The Bertz CT molecular complexity index is 577. The van der Waals surface area contributed by atoms with Gasteiger partial charge in [0.1, 0.15) is 5.69 Å². The van der Waals surface area contributed by atoms with Gasteiger partial charge in [-0.2, -0.15) is 0 Å². The fraction of sp³-hybridized carbons (Fsp3) is 0.375. The highest BCUT2D eigenvalue weighted by molar-refractivity contribution is 5.93. The smallest absolute Gasteiger partial charge is 0.272 e. The molecule has 0 saturated heterocycles. The van der Waals surface area contributed by atoms with E-state index in [1.54, 1.807) is 6.33 Å². The minimum Gasteiger partial charge on any atom is -0.348 e. The summed E-state index contributed by atoms with van der Waals surface area (Å²) < 4.78 is 0. The van der Waals surface area contributed by atoms with E-state index in [1.807, 2.05) is 51.4 Å². The molecule has 0 fully saturated rings. The minimum atomic E-state index is -0.138. The lowest BCUT2D eigenvalue weighted by Crippen LogP contribution is -2.31. The van der Waals surface area contributed by atoms with Crippen LogP contribution in [0.25, 0.3) is 0 Å². The van der Waals surface area contributed by atoms with Gasteiger partial charge in [-0.1, -0.05) is 30.3 Å². The maximum Gasteiger partial charge on any atom is 0.272 e. The Kier molecular flexibility index (Phi) is 5.11. The summed E-state index contributed by atoms with van der Waals surface area (Å²) >= 11 is 0. The summed E-state index contributed by atoms with van der Waals surface area (Å²) in [6.45, 7) is 2.75. The number of rotatable bonds is 6. The molecule has 2 aromatic rings. The van der Waals surface area contributed by atoms with E-state index in [0.29, 0.717) is 5.69 Å². The molecule has 0 aliphatic rings. The molecule has 1 aromatic carbocycles. The van der Waals surface area contributed by atoms with E-state index in [-0.39, 0.29) is 11.9 Å². The molecule has 1 heterocycles. The SMILES string of the molecule is Cc1[nH]cnc1C(=O)N[C@@H](CCN(C)C)c1ccccc1. The first-order chi connectivity index (χ1) is 10.1. The van der Waals surface area contributed by atoms with Gasteiger partial charge in [0.2, 0.25) is 0 Å². The number of imidazole rings is 1. The van der Waals surface area contributed by atoms with Crippen molar-refractivity contribution >= 4 is 5.91 Å². The van der Waals surface area contributed by atoms with Crippen LogP contribution in [0.2, 0.25) is 0 Å². The summed E-state index contributed by atoms with van der Waals surface area (Å²) in [6, 6.07) is 10.0. The van der Waals surface area contributed by atoms with E-state index < -0.39 is 0 Å². The first-order valence-corrected chi connectivity index (χ1v) is 7.08. The molecule has 5 nitrogen and oxygen atoms in total. The number of amides is 1. The zero-order chi connectivity index (χ0) is 15.2. The number of benzene rings is 1. The molecule has 0 bridgehead atoms. The number of H-pyrrole nitrogens is 1. The van der Waals surface area contributed by atoms with Gasteiger partial charge >= 0.3 is 0 Å². The van der Waals surface area contributed by atoms with Crippen molar-refractivity contribution < 1.29 is 4.79 Å². The van der Waals surface area contributed by atoms with Gasteiger partial charge in [-0.15, -0.1) is 0 Å². The van der Waals surface area contributed by atoms with E-state index >= 15 is 0 Å². The third-order valence-electron chi connectivity index (χ3n) is 3.42. The molecule has 112 valence electrons. The normalized spacial score (nSPS) is 12.4. The van der Waals surface area contributed by atoms with Crippen LogP contribution in [-0.4, -0.2) is 41.4 Å². The summed E-state index contributed by atoms with van der Waals surface area (Å²) in [5, 5.41) is 3.08. The highest BCUT2D eigenvalue weighted by atomic mass is 16.2. The van der Waals surface area contributed by atoms with Crippen LogP contribution in [-0.2, 0) is 0 Å². The Morgan fingerprint density at radius 3 is 2.62 bits per heavy atom. The third-order valence-corrected chi connectivity index (χ3v) is 3.42. The predicted octanol–water partition coefficient (Wildman–Crippen LogP) is 2.14. The third kappa shape index (κ3) is 4.16. The quantitative estimate of drug-likeness (QED) is 0.855. The second-order valence-corrected chi connectivity index (χ2v) is 5.40. The molecule has 2 rings (SSSR count). The molecule has 0 unspecified atom stereocenters. The number of hydrogen-bond donors (Lipinski definition) is 2. The van der Waals surface area contributed by atoms with Gasteiger partial charge in [0.15, 0.2) is 0 Å². The van der Waals surface area contributed by atoms with Crippen molar-refractivity contribution in [2.75, 3.05) is 20.6 Å². The largest absolute Gasteiger partial charge is 0.348 e. The molecule has 0 aliphatic carbocycles. The van der Waals surface area contributed by atoms with Crippen molar-refractivity contribution in [3.63, 3.8) is 0 Å². The summed E-state index contributed by atoms with van der Waals surface area (Å²) in [4.78, 5) is 21.5. The highest BCUT2D eigenvalue weighted by Crippen LogP contribution is 2.17. The topological polar surface area (TPSA) is 61.0 Å². The Hall–Kier alpha value is -2.14. The van der Waals surface area contributed by atoms with Gasteiger partial charge < -0.3 is 15.2 Å². The van der Waals surface area contributed by atoms with Crippen LogP contribution in [0.5, 0.6) is 0 Å². The lowest BCUT2D eigenvalue weighted by Gasteiger charge is -2.21. The van der Waals surface area contributed by atoms with Gasteiger partial charge in [0, 0.05) is 5.69 Å².